The fourth-order valence-corrected chi connectivity index (χ4v) is 5.88. The Morgan fingerprint density at radius 2 is 1.44 bits per heavy atom. The summed E-state index contributed by atoms with van der Waals surface area (Å²) in [5.74, 6) is -1.14. The number of hydrogen-bond acceptors (Lipinski definition) is 6. The maximum atomic E-state index is 12.7. The molecule has 2 heterocycles. The van der Waals surface area contributed by atoms with E-state index < -0.39 is 10.0 Å². The molecule has 2 aromatic rings. The molecule has 10 heteroatoms. The third kappa shape index (κ3) is 6.37. The monoisotopic (exact) mass is 512 g/mol. The number of piperazine rings is 1. The fraction of sp³-hybridized carbons (Fsp3) is 0.423. The lowest BCUT2D eigenvalue weighted by Crippen LogP contribution is -2.50. The Bertz CT molecular complexity index is 1160. The molecule has 2 aromatic carbocycles. The first-order valence-electron chi connectivity index (χ1n) is 12.3. The molecule has 3 amide bonds. The summed E-state index contributed by atoms with van der Waals surface area (Å²) < 4.78 is 26.9. The summed E-state index contributed by atoms with van der Waals surface area (Å²) in [5.41, 5.74) is 2.04. The van der Waals surface area contributed by atoms with E-state index in [4.69, 9.17) is 0 Å². The first-order chi connectivity index (χ1) is 17.3. The molecule has 0 bridgehead atoms. The van der Waals surface area contributed by atoms with E-state index in [1.165, 1.54) is 9.87 Å². The zero-order valence-electron chi connectivity index (χ0n) is 20.3. The van der Waals surface area contributed by atoms with Gasteiger partial charge in [0.1, 0.15) is 0 Å². The van der Waals surface area contributed by atoms with Gasteiger partial charge in [-0.15, -0.1) is 0 Å². The van der Waals surface area contributed by atoms with Crippen molar-refractivity contribution in [3.63, 3.8) is 0 Å². The van der Waals surface area contributed by atoms with Gasteiger partial charge < -0.3 is 10.2 Å². The van der Waals surface area contributed by atoms with E-state index in [1.807, 2.05) is 18.2 Å². The van der Waals surface area contributed by atoms with Crippen LogP contribution in [0.5, 0.6) is 0 Å². The van der Waals surface area contributed by atoms with E-state index in [9.17, 15) is 22.8 Å². The second-order valence-corrected chi connectivity index (χ2v) is 11.1. The standard InChI is InChI=1S/C26H32N4O5S/c31-24(11-6-14-30-25(32)22-9-4-5-10-23(22)26(30)33)27-13-20-36(34,35)29-18-16-28(17-19-29)15-12-21-7-2-1-3-8-21/h1-5,7-10H,6,11-20H2,(H,27,31). The van der Waals surface area contributed by atoms with Crippen molar-refractivity contribution in [1.29, 1.82) is 0 Å². The van der Waals surface area contributed by atoms with Gasteiger partial charge in [0.25, 0.3) is 11.8 Å². The van der Waals surface area contributed by atoms with Crippen LogP contribution in [0.15, 0.2) is 54.6 Å². The Morgan fingerprint density at radius 3 is 2.08 bits per heavy atom. The minimum absolute atomic E-state index is 0.0302. The minimum Gasteiger partial charge on any atom is -0.355 e. The van der Waals surface area contributed by atoms with Gasteiger partial charge in [0.2, 0.25) is 15.9 Å². The second kappa shape index (κ2) is 11.8. The van der Waals surface area contributed by atoms with Crippen molar-refractivity contribution in [3.05, 3.63) is 71.3 Å². The van der Waals surface area contributed by atoms with Crippen LogP contribution in [0.3, 0.4) is 0 Å². The topological polar surface area (TPSA) is 107 Å². The summed E-state index contributed by atoms with van der Waals surface area (Å²) in [4.78, 5) is 40.3. The Hall–Kier alpha value is -3.08. The molecule has 36 heavy (non-hydrogen) atoms. The number of fused-ring (bicyclic) bond motifs is 1. The van der Waals surface area contributed by atoms with Gasteiger partial charge in [-0.3, -0.25) is 19.3 Å². The number of rotatable bonds is 11. The molecule has 1 fully saturated rings. The molecular formula is C26H32N4O5S. The molecule has 4 rings (SSSR count). The van der Waals surface area contributed by atoms with Gasteiger partial charge in [0.05, 0.1) is 16.9 Å². The highest BCUT2D eigenvalue weighted by molar-refractivity contribution is 7.89. The van der Waals surface area contributed by atoms with Crippen LogP contribution >= 0.6 is 0 Å². The highest BCUT2D eigenvalue weighted by atomic mass is 32.2. The van der Waals surface area contributed by atoms with Gasteiger partial charge >= 0.3 is 0 Å². The van der Waals surface area contributed by atoms with Gasteiger partial charge in [-0.2, -0.15) is 4.31 Å². The van der Waals surface area contributed by atoms with Crippen molar-refractivity contribution < 1.29 is 22.8 Å². The largest absolute Gasteiger partial charge is 0.355 e. The molecule has 0 radical (unpaired) electrons. The normalized spacial score (nSPS) is 16.8. The molecule has 1 saturated heterocycles. The lowest BCUT2D eigenvalue weighted by atomic mass is 10.1. The van der Waals surface area contributed by atoms with Gasteiger partial charge in [0, 0.05) is 52.2 Å². The summed E-state index contributed by atoms with van der Waals surface area (Å²) in [6.45, 7) is 3.35. The summed E-state index contributed by atoms with van der Waals surface area (Å²) >= 11 is 0. The van der Waals surface area contributed by atoms with Crippen molar-refractivity contribution in [2.45, 2.75) is 19.3 Å². The summed E-state index contributed by atoms with van der Waals surface area (Å²) in [7, 11) is -3.45. The number of carbonyl (C=O) groups is 3. The Morgan fingerprint density at radius 1 is 0.833 bits per heavy atom. The van der Waals surface area contributed by atoms with Crippen molar-refractivity contribution in [3.8, 4) is 0 Å². The predicted octanol–water partition coefficient (Wildman–Crippen LogP) is 1.37. The van der Waals surface area contributed by atoms with Crippen molar-refractivity contribution in [1.82, 2.24) is 19.4 Å². The molecule has 2 aliphatic heterocycles. The van der Waals surface area contributed by atoms with Gasteiger partial charge in [0.15, 0.2) is 0 Å². The third-order valence-corrected chi connectivity index (χ3v) is 8.50. The molecule has 0 atom stereocenters. The third-order valence-electron chi connectivity index (χ3n) is 6.63. The lowest BCUT2D eigenvalue weighted by Gasteiger charge is -2.34. The summed E-state index contributed by atoms with van der Waals surface area (Å²) in [6, 6.07) is 16.9. The van der Waals surface area contributed by atoms with Crippen LogP contribution in [0.1, 0.15) is 39.1 Å². The Balaban J connectivity index is 1.12. The van der Waals surface area contributed by atoms with Crippen LogP contribution in [-0.4, -0.2) is 91.8 Å². The predicted molar refractivity (Wildman–Crippen MR) is 136 cm³/mol. The molecular weight excluding hydrogens is 480 g/mol. The van der Waals surface area contributed by atoms with Gasteiger partial charge in [-0.25, -0.2) is 8.42 Å². The quantitative estimate of drug-likeness (QED) is 0.456. The number of nitrogens with zero attached hydrogens (tertiary/aromatic N) is 3. The molecule has 0 unspecified atom stereocenters. The Kier molecular flexibility index (Phi) is 8.50. The van der Waals surface area contributed by atoms with E-state index in [0.29, 0.717) is 43.7 Å². The SMILES string of the molecule is O=C(CCCN1C(=O)c2ccccc2C1=O)NCCS(=O)(=O)N1CCN(CCc2ccccc2)CC1. The maximum absolute atomic E-state index is 12.7. The van der Waals surface area contributed by atoms with Crippen LogP contribution in [0.2, 0.25) is 0 Å². The molecule has 0 aromatic heterocycles. The number of imide groups is 1. The van der Waals surface area contributed by atoms with E-state index in [-0.39, 0.29) is 43.0 Å². The number of sulfonamides is 1. The molecule has 0 spiro atoms. The number of amides is 3. The van der Waals surface area contributed by atoms with E-state index in [2.05, 4.69) is 22.3 Å². The second-order valence-electron chi connectivity index (χ2n) is 9.05. The van der Waals surface area contributed by atoms with Crippen LogP contribution in [0.25, 0.3) is 0 Å². The van der Waals surface area contributed by atoms with Gasteiger partial charge in [-0.1, -0.05) is 42.5 Å². The smallest absolute Gasteiger partial charge is 0.261 e. The van der Waals surface area contributed by atoms with E-state index >= 15 is 0 Å². The first-order valence-corrected chi connectivity index (χ1v) is 13.9. The summed E-state index contributed by atoms with van der Waals surface area (Å²) in [5, 5.41) is 2.65. The highest BCUT2D eigenvalue weighted by Crippen LogP contribution is 2.22. The zero-order chi connectivity index (χ0) is 25.5. The van der Waals surface area contributed by atoms with E-state index in [0.717, 1.165) is 17.9 Å². The van der Waals surface area contributed by atoms with E-state index in [1.54, 1.807) is 24.3 Å². The van der Waals surface area contributed by atoms with Crippen molar-refractivity contribution >= 4 is 27.7 Å². The summed E-state index contributed by atoms with van der Waals surface area (Å²) in [6.07, 6.45) is 1.36. The maximum Gasteiger partial charge on any atom is 0.261 e. The average molecular weight is 513 g/mol. The number of benzene rings is 2. The van der Waals surface area contributed by atoms with Crippen molar-refractivity contribution in [2.24, 2.45) is 0 Å². The van der Waals surface area contributed by atoms with Crippen molar-refractivity contribution in [2.75, 3.05) is 51.6 Å². The molecule has 0 saturated carbocycles. The molecule has 0 aliphatic carbocycles. The molecule has 2 aliphatic rings. The zero-order valence-corrected chi connectivity index (χ0v) is 21.1. The fourth-order valence-electron chi connectivity index (χ4n) is 4.54. The average Bonchev–Trinajstić information content (AvgIpc) is 3.13. The minimum atomic E-state index is -3.45. The number of hydrogen-bond donors (Lipinski definition) is 1. The van der Waals surface area contributed by atoms with Crippen LogP contribution in [0.4, 0.5) is 0 Å². The molecule has 1 N–H and O–H groups in total. The van der Waals surface area contributed by atoms with Crippen LogP contribution in [-0.2, 0) is 21.2 Å². The molecule has 9 nitrogen and oxygen atoms in total. The van der Waals surface area contributed by atoms with Gasteiger partial charge in [-0.05, 0) is 30.5 Å². The molecule has 192 valence electrons. The first kappa shape index (κ1) is 26.0. The lowest BCUT2D eigenvalue weighted by molar-refractivity contribution is -0.121. The number of carbonyl (C=O) groups excluding carboxylic acids is 3. The highest BCUT2D eigenvalue weighted by Gasteiger charge is 2.34. The number of nitrogens with one attached hydrogen (secondary N) is 1. The Labute approximate surface area is 212 Å². The van der Waals surface area contributed by atoms with Crippen LogP contribution in [0, 0.1) is 0 Å². The van der Waals surface area contributed by atoms with Crippen LogP contribution < -0.4 is 5.32 Å².